The number of aromatic nitrogens is 2. The van der Waals surface area contributed by atoms with E-state index < -0.39 is 0 Å². The van der Waals surface area contributed by atoms with Gasteiger partial charge in [-0.2, -0.15) is 5.10 Å². The second kappa shape index (κ2) is 5.86. The number of hydrogen-bond acceptors (Lipinski definition) is 5. The maximum absolute atomic E-state index is 12.7. The maximum Gasteiger partial charge on any atom is 0.359 e. The van der Waals surface area contributed by atoms with Crippen molar-refractivity contribution in [2.75, 3.05) is 27.2 Å². The number of likely N-dealkylation sites (tertiary alicyclic amines) is 1. The molecule has 0 amide bonds. The number of ether oxygens (including phenoxy) is 1. The zero-order chi connectivity index (χ0) is 16.8. The van der Waals surface area contributed by atoms with Gasteiger partial charge in [0, 0.05) is 50.4 Å². The van der Waals surface area contributed by atoms with Gasteiger partial charge in [-0.3, -0.25) is 9.58 Å². The molecule has 0 saturated carbocycles. The predicted molar refractivity (Wildman–Crippen MR) is 92.0 cm³/mol. The summed E-state index contributed by atoms with van der Waals surface area (Å²) in [6.07, 6.45) is 1.78. The fourth-order valence-corrected chi connectivity index (χ4v) is 4.20. The molecular weight excluding hydrogens is 304 g/mol. The van der Waals surface area contributed by atoms with Crippen LogP contribution in [-0.4, -0.2) is 70.9 Å². The Labute approximate surface area is 142 Å². The Morgan fingerprint density at radius 1 is 1.12 bits per heavy atom. The van der Waals surface area contributed by atoms with Crippen LogP contribution in [0.1, 0.15) is 23.3 Å². The van der Waals surface area contributed by atoms with E-state index >= 15 is 0 Å². The molecule has 3 heterocycles. The summed E-state index contributed by atoms with van der Waals surface area (Å²) in [5, 5.41) is 5.24. The van der Waals surface area contributed by atoms with E-state index in [0.717, 1.165) is 36.8 Å². The normalized spacial score (nSPS) is 28.2. The SMILES string of the molecule is CN1CC2CC(OC(=O)c3nn(C)c4ccccc34)CC(C1)N2C. The number of esters is 1. The van der Waals surface area contributed by atoms with E-state index in [9.17, 15) is 4.79 Å². The zero-order valence-electron chi connectivity index (χ0n) is 14.5. The van der Waals surface area contributed by atoms with Gasteiger partial charge < -0.3 is 9.64 Å². The summed E-state index contributed by atoms with van der Waals surface area (Å²) in [4.78, 5) is 17.5. The summed E-state index contributed by atoms with van der Waals surface area (Å²) >= 11 is 0. The van der Waals surface area contributed by atoms with Crippen molar-refractivity contribution in [3.63, 3.8) is 0 Å². The maximum atomic E-state index is 12.7. The quantitative estimate of drug-likeness (QED) is 0.782. The number of benzene rings is 1. The molecule has 2 saturated heterocycles. The molecule has 6 nitrogen and oxygen atoms in total. The number of rotatable bonds is 2. The number of carbonyl (C=O) groups is 1. The number of likely N-dealkylation sites (N-methyl/N-ethyl adjacent to an activating group) is 2. The molecule has 24 heavy (non-hydrogen) atoms. The summed E-state index contributed by atoms with van der Waals surface area (Å²) in [6, 6.07) is 8.69. The fraction of sp³-hybridized carbons (Fsp3) is 0.556. The van der Waals surface area contributed by atoms with Crippen LogP contribution in [0.15, 0.2) is 24.3 Å². The van der Waals surface area contributed by atoms with Crippen molar-refractivity contribution >= 4 is 16.9 Å². The van der Waals surface area contributed by atoms with E-state index in [-0.39, 0.29) is 12.1 Å². The van der Waals surface area contributed by atoms with Crippen molar-refractivity contribution in [3.05, 3.63) is 30.0 Å². The number of piperidine rings is 1. The molecule has 2 fully saturated rings. The van der Waals surface area contributed by atoms with Gasteiger partial charge in [-0.05, 0) is 20.2 Å². The van der Waals surface area contributed by atoms with E-state index in [1.165, 1.54) is 0 Å². The lowest BCUT2D eigenvalue weighted by molar-refractivity contribution is -0.0492. The van der Waals surface area contributed by atoms with Crippen LogP contribution in [-0.2, 0) is 11.8 Å². The molecule has 0 spiro atoms. The van der Waals surface area contributed by atoms with Crippen molar-refractivity contribution in [2.24, 2.45) is 7.05 Å². The molecule has 2 aliphatic heterocycles. The topological polar surface area (TPSA) is 50.6 Å². The predicted octanol–water partition coefficient (Wildman–Crippen LogP) is 1.51. The Kier molecular flexibility index (Phi) is 3.81. The van der Waals surface area contributed by atoms with Gasteiger partial charge in [0.2, 0.25) is 0 Å². The molecule has 6 heteroatoms. The summed E-state index contributed by atoms with van der Waals surface area (Å²) < 4.78 is 7.60. The summed E-state index contributed by atoms with van der Waals surface area (Å²) in [7, 11) is 6.21. The number of nitrogens with zero attached hydrogens (tertiary/aromatic N) is 4. The molecule has 0 N–H and O–H groups in total. The van der Waals surface area contributed by atoms with Crippen LogP contribution in [0.2, 0.25) is 0 Å². The van der Waals surface area contributed by atoms with Crippen LogP contribution >= 0.6 is 0 Å². The molecule has 2 atom stereocenters. The molecular formula is C18H24N4O2. The van der Waals surface area contributed by atoms with Gasteiger partial charge in [0.15, 0.2) is 5.69 Å². The largest absolute Gasteiger partial charge is 0.457 e. The van der Waals surface area contributed by atoms with Gasteiger partial charge in [-0.25, -0.2) is 4.79 Å². The van der Waals surface area contributed by atoms with Crippen molar-refractivity contribution in [1.29, 1.82) is 0 Å². The van der Waals surface area contributed by atoms with Crippen LogP contribution in [0.3, 0.4) is 0 Å². The van der Waals surface area contributed by atoms with Crippen LogP contribution in [0.4, 0.5) is 0 Å². The molecule has 2 bridgehead atoms. The minimum Gasteiger partial charge on any atom is -0.457 e. The van der Waals surface area contributed by atoms with Gasteiger partial charge in [-0.15, -0.1) is 0 Å². The lowest BCUT2D eigenvalue weighted by atomic mass is 9.90. The van der Waals surface area contributed by atoms with Crippen molar-refractivity contribution in [2.45, 2.75) is 31.0 Å². The van der Waals surface area contributed by atoms with Gasteiger partial charge >= 0.3 is 5.97 Å². The lowest BCUT2D eigenvalue weighted by Gasteiger charge is -2.49. The molecule has 2 aliphatic rings. The first-order valence-electron chi connectivity index (χ1n) is 8.56. The Bertz CT molecular complexity index is 755. The Hall–Kier alpha value is -1.92. The standard InChI is InChI=1S/C18H24N4O2/c1-20-10-12-8-14(9-13(11-20)21(12)2)24-18(23)17-15-6-4-5-7-16(15)22(3)19-17/h4-7,12-14H,8-11H2,1-3H3. The summed E-state index contributed by atoms with van der Waals surface area (Å²) in [5.41, 5.74) is 1.38. The molecule has 1 aromatic carbocycles. The first kappa shape index (κ1) is 15.6. The second-order valence-corrected chi connectivity index (χ2v) is 7.18. The van der Waals surface area contributed by atoms with E-state index in [2.05, 4.69) is 29.0 Å². The highest BCUT2D eigenvalue weighted by Gasteiger charge is 2.39. The van der Waals surface area contributed by atoms with Gasteiger partial charge in [0.05, 0.1) is 5.52 Å². The highest BCUT2D eigenvalue weighted by Crippen LogP contribution is 2.29. The third kappa shape index (κ3) is 2.59. The van der Waals surface area contributed by atoms with E-state index in [1.54, 1.807) is 4.68 Å². The van der Waals surface area contributed by atoms with Crippen LogP contribution < -0.4 is 0 Å². The zero-order valence-corrected chi connectivity index (χ0v) is 14.5. The Morgan fingerprint density at radius 3 is 2.50 bits per heavy atom. The fourth-order valence-electron chi connectivity index (χ4n) is 4.20. The number of fused-ring (bicyclic) bond motifs is 3. The lowest BCUT2D eigenvalue weighted by Crippen LogP contribution is -2.61. The first-order chi connectivity index (χ1) is 11.5. The first-order valence-corrected chi connectivity index (χ1v) is 8.56. The van der Waals surface area contributed by atoms with Crippen molar-refractivity contribution in [3.8, 4) is 0 Å². The molecule has 0 radical (unpaired) electrons. The molecule has 1 aromatic heterocycles. The summed E-state index contributed by atoms with van der Waals surface area (Å²) in [5.74, 6) is -0.298. The van der Waals surface area contributed by atoms with E-state index in [1.807, 2.05) is 31.3 Å². The van der Waals surface area contributed by atoms with E-state index in [0.29, 0.717) is 17.8 Å². The van der Waals surface area contributed by atoms with Crippen LogP contribution in [0, 0.1) is 0 Å². The minimum atomic E-state index is -0.298. The second-order valence-electron chi connectivity index (χ2n) is 7.18. The molecule has 0 aliphatic carbocycles. The Morgan fingerprint density at radius 2 is 1.79 bits per heavy atom. The van der Waals surface area contributed by atoms with Gasteiger partial charge in [0.25, 0.3) is 0 Å². The third-order valence-electron chi connectivity index (χ3n) is 5.49. The minimum absolute atomic E-state index is 0.0156. The molecule has 128 valence electrons. The summed E-state index contributed by atoms with van der Waals surface area (Å²) in [6.45, 7) is 2.07. The number of aryl methyl sites for hydroxylation is 1. The molecule has 4 rings (SSSR count). The van der Waals surface area contributed by atoms with Crippen molar-refractivity contribution in [1.82, 2.24) is 19.6 Å². The number of piperazine rings is 1. The highest BCUT2D eigenvalue weighted by molar-refractivity contribution is 6.02. The molecule has 2 aromatic rings. The number of para-hydroxylation sites is 1. The number of carbonyl (C=O) groups excluding carboxylic acids is 1. The van der Waals surface area contributed by atoms with Gasteiger partial charge in [-0.1, -0.05) is 18.2 Å². The van der Waals surface area contributed by atoms with Crippen molar-refractivity contribution < 1.29 is 9.53 Å². The van der Waals surface area contributed by atoms with Crippen LogP contribution in [0.5, 0.6) is 0 Å². The third-order valence-corrected chi connectivity index (χ3v) is 5.49. The molecule has 2 unspecified atom stereocenters. The smallest absolute Gasteiger partial charge is 0.359 e. The van der Waals surface area contributed by atoms with Crippen LogP contribution in [0.25, 0.3) is 10.9 Å². The highest BCUT2D eigenvalue weighted by atomic mass is 16.5. The van der Waals surface area contributed by atoms with Gasteiger partial charge in [0.1, 0.15) is 6.10 Å². The Balaban J connectivity index is 1.52. The average molecular weight is 328 g/mol. The number of hydrogen-bond donors (Lipinski definition) is 0. The average Bonchev–Trinajstić information content (AvgIpc) is 2.87. The van der Waals surface area contributed by atoms with E-state index in [4.69, 9.17) is 4.74 Å². The monoisotopic (exact) mass is 328 g/mol.